The van der Waals surface area contributed by atoms with E-state index in [1.54, 1.807) is 18.5 Å². The number of nitrogens with two attached hydrogens (primary N) is 1. The normalized spacial score (nSPS) is 10.9. The number of nitrogens with one attached hydrogen (secondary N) is 1. The van der Waals surface area contributed by atoms with Crippen molar-refractivity contribution >= 4 is 40.9 Å². The second kappa shape index (κ2) is 8.64. The van der Waals surface area contributed by atoms with Gasteiger partial charge in [-0.2, -0.15) is 15.0 Å². The molecule has 0 aliphatic heterocycles. The first-order valence-corrected chi connectivity index (χ1v) is 10.2. The van der Waals surface area contributed by atoms with Crippen LogP contribution in [0.25, 0.3) is 5.69 Å². The Morgan fingerprint density at radius 3 is 2.70 bits per heavy atom. The van der Waals surface area contributed by atoms with Gasteiger partial charge in [-0.3, -0.25) is 4.57 Å². The quantitative estimate of drug-likeness (QED) is 0.428. The minimum atomic E-state index is -0.327. The molecule has 2 aromatic carbocycles. The molecule has 2 aromatic heterocycles. The molecule has 0 fully saturated rings. The highest BCUT2D eigenvalue weighted by Crippen LogP contribution is 2.25. The van der Waals surface area contributed by atoms with E-state index in [4.69, 9.17) is 17.3 Å². The van der Waals surface area contributed by atoms with Gasteiger partial charge in [-0.25, -0.2) is 4.39 Å². The lowest BCUT2D eigenvalue weighted by atomic mass is 10.2. The fraction of sp³-hybridized carbons (Fsp3) is 0.105. The zero-order valence-corrected chi connectivity index (χ0v) is 17.3. The first kappa shape index (κ1) is 20.0. The number of halogens is 2. The molecule has 0 spiro atoms. The Morgan fingerprint density at radius 1 is 1.13 bits per heavy atom. The van der Waals surface area contributed by atoms with Gasteiger partial charge in [0.15, 0.2) is 5.16 Å². The topological polar surface area (TPSA) is 107 Å². The van der Waals surface area contributed by atoms with Crippen molar-refractivity contribution in [3.05, 3.63) is 71.0 Å². The number of nitrogen functional groups attached to an aromatic ring is 1. The van der Waals surface area contributed by atoms with Crippen LogP contribution in [0.3, 0.4) is 0 Å². The number of thioether (sulfide) groups is 1. The Hall–Kier alpha value is -3.24. The summed E-state index contributed by atoms with van der Waals surface area (Å²) in [5.74, 6) is 0.886. The zero-order valence-electron chi connectivity index (χ0n) is 15.8. The van der Waals surface area contributed by atoms with E-state index in [-0.39, 0.29) is 17.7 Å². The van der Waals surface area contributed by atoms with Crippen molar-refractivity contribution in [2.75, 3.05) is 11.1 Å². The molecular weight excluding hydrogens is 427 g/mol. The fourth-order valence-electron chi connectivity index (χ4n) is 2.58. The second-order valence-electron chi connectivity index (χ2n) is 6.27. The molecule has 0 radical (unpaired) electrons. The zero-order chi connectivity index (χ0) is 21.1. The van der Waals surface area contributed by atoms with Gasteiger partial charge in [0.25, 0.3) is 0 Å². The predicted molar refractivity (Wildman–Crippen MR) is 115 cm³/mol. The maximum atomic E-state index is 13.1. The summed E-state index contributed by atoms with van der Waals surface area (Å²) in [5, 5.41) is 12.5. The van der Waals surface area contributed by atoms with E-state index >= 15 is 0 Å². The lowest BCUT2D eigenvalue weighted by molar-refractivity contribution is 0.628. The van der Waals surface area contributed by atoms with E-state index in [1.807, 2.05) is 29.7 Å². The Labute approximate surface area is 180 Å². The van der Waals surface area contributed by atoms with Crippen molar-refractivity contribution < 1.29 is 4.39 Å². The molecule has 152 valence electrons. The maximum Gasteiger partial charge on any atom is 0.232 e. The Morgan fingerprint density at radius 2 is 1.93 bits per heavy atom. The Kier molecular flexibility index (Phi) is 5.77. The number of rotatable bonds is 6. The summed E-state index contributed by atoms with van der Waals surface area (Å²) in [6.07, 6.45) is 1.62. The first-order valence-electron chi connectivity index (χ1n) is 8.80. The monoisotopic (exact) mass is 442 g/mol. The highest BCUT2D eigenvalue weighted by Gasteiger charge is 2.11. The molecule has 2 heterocycles. The predicted octanol–water partition coefficient (Wildman–Crippen LogP) is 4.17. The Bertz CT molecular complexity index is 1180. The van der Waals surface area contributed by atoms with Crippen LogP contribution in [0.4, 0.5) is 22.0 Å². The van der Waals surface area contributed by atoms with Crippen LogP contribution >= 0.6 is 23.4 Å². The van der Waals surface area contributed by atoms with Gasteiger partial charge in [0.1, 0.15) is 18.0 Å². The standard InChI is InChI=1S/C19H16ClFN8S/c1-11-2-7-14(8-15(11)20)29-10-23-28-19(29)30-9-16-25-17(22)27-18(26-16)24-13-5-3-12(21)4-6-13/h2-8,10H,9H2,1H3,(H3,22,24,25,26,27). The van der Waals surface area contributed by atoms with Crippen molar-refractivity contribution in [1.29, 1.82) is 0 Å². The van der Waals surface area contributed by atoms with E-state index in [1.165, 1.54) is 23.9 Å². The maximum absolute atomic E-state index is 13.1. The van der Waals surface area contributed by atoms with E-state index < -0.39 is 0 Å². The molecule has 3 N–H and O–H groups in total. The van der Waals surface area contributed by atoms with E-state index in [0.717, 1.165) is 11.3 Å². The number of aromatic nitrogens is 6. The van der Waals surface area contributed by atoms with Crippen LogP contribution in [-0.2, 0) is 5.75 Å². The number of nitrogens with zero attached hydrogens (tertiary/aromatic N) is 6. The van der Waals surface area contributed by atoms with Crippen molar-refractivity contribution in [2.45, 2.75) is 17.8 Å². The van der Waals surface area contributed by atoms with Crippen LogP contribution in [0.5, 0.6) is 0 Å². The highest BCUT2D eigenvalue weighted by molar-refractivity contribution is 7.98. The molecular formula is C19H16ClFN8S. The summed E-state index contributed by atoms with van der Waals surface area (Å²) >= 11 is 7.63. The summed E-state index contributed by atoms with van der Waals surface area (Å²) in [4.78, 5) is 12.6. The largest absolute Gasteiger partial charge is 0.368 e. The lowest BCUT2D eigenvalue weighted by Crippen LogP contribution is -2.07. The van der Waals surface area contributed by atoms with Gasteiger partial charge >= 0.3 is 0 Å². The highest BCUT2D eigenvalue weighted by atomic mass is 35.5. The molecule has 0 bridgehead atoms. The van der Waals surface area contributed by atoms with Gasteiger partial charge in [-0.15, -0.1) is 10.2 Å². The van der Waals surface area contributed by atoms with Crippen molar-refractivity contribution in [3.8, 4) is 5.69 Å². The van der Waals surface area contributed by atoms with Gasteiger partial charge in [0, 0.05) is 10.7 Å². The first-order chi connectivity index (χ1) is 14.5. The van der Waals surface area contributed by atoms with Crippen LogP contribution in [0.15, 0.2) is 53.9 Å². The molecule has 0 amide bonds. The van der Waals surface area contributed by atoms with Crippen LogP contribution in [-0.4, -0.2) is 29.7 Å². The number of anilines is 3. The van der Waals surface area contributed by atoms with Crippen molar-refractivity contribution in [3.63, 3.8) is 0 Å². The van der Waals surface area contributed by atoms with Gasteiger partial charge < -0.3 is 11.1 Å². The van der Waals surface area contributed by atoms with Crippen LogP contribution in [0, 0.1) is 12.7 Å². The molecule has 0 aliphatic rings. The lowest BCUT2D eigenvalue weighted by Gasteiger charge is -2.09. The average molecular weight is 443 g/mol. The summed E-state index contributed by atoms with van der Waals surface area (Å²) in [7, 11) is 0. The molecule has 4 rings (SSSR count). The third-order valence-corrected chi connectivity index (χ3v) is 5.43. The molecule has 11 heteroatoms. The smallest absolute Gasteiger partial charge is 0.232 e. The summed E-state index contributed by atoms with van der Waals surface area (Å²) in [5.41, 5.74) is 8.30. The number of benzene rings is 2. The Balaban J connectivity index is 1.50. The van der Waals surface area contributed by atoms with E-state index in [9.17, 15) is 4.39 Å². The molecule has 0 saturated carbocycles. The third kappa shape index (κ3) is 4.66. The van der Waals surface area contributed by atoms with Crippen molar-refractivity contribution in [2.24, 2.45) is 0 Å². The molecule has 0 saturated heterocycles. The molecule has 30 heavy (non-hydrogen) atoms. The van der Waals surface area contributed by atoms with Crippen LogP contribution in [0.1, 0.15) is 11.4 Å². The van der Waals surface area contributed by atoms with E-state index in [0.29, 0.717) is 27.4 Å². The summed E-state index contributed by atoms with van der Waals surface area (Å²) < 4.78 is 14.9. The number of hydrogen-bond acceptors (Lipinski definition) is 8. The molecule has 0 atom stereocenters. The van der Waals surface area contributed by atoms with Gasteiger partial charge in [0.05, 0.1) is 11.4 Å². The van der Waals surface area contributed by atoms with Crippen molar-refractivity contribution in [1.82, 2.24) is 29.7 Å². The number of aryl methyl sites for hydroxylation is 1. The molecule has 0 unspecified atom stereocenters. The summed E-state index contributed by atoms with van der Waals surface area (Å²) in [6, 6.07) is 11.6. The fourth-order valence-corrected chi connectivity index (χ4v) is 3.54. The minimum absolute atomic E-state index is 0.0806. The molecule has 0 aliphatic carbocycles. The average Bonchev–Trinajstić information content (AvgIpc) is 3.18. The molecule has 4 aromatic rings. The van der Waals surface area contributed by atoms with Gasteiger partial charge in [-0.1, -0.05) is 29.4 Å². The van der Waals surface area contributed by atoms with Gasteiger partial charge in [0.2, 0.25) is 11.9 Å². The van der Waals surface area contributed by atoms with Gasteiger partial charge in [-0.05, 0) is 48.9 Å². The van der Waals surface area contributed by atoms with E-state index in [2.05, 4.69) is 30.5 Å². The SMILES string of the molecule is Cc1ccc(-n2cnnc2SCc2nc(N)nc(Nc3ccc(F)cc3)n2)cc1Cl. The second-order valence-corrected chi connectivity index (χ2v) is 7.62. The molecule has 8 nitrogen and oxygen atoms in total. The minimum Gasteiger partial charge on any atom is -0.368 e. The van der Waals surface area contributed by atoms with Crippen LogP contribution < -0.4 is 11.1 Å². The van der Waals surface area contributed by atoms with Crippen LogP contribution in [0.2, 0.25) is 5.02 Å². The third-order valence-electron chi connectivity index (χ3n) is 4.08. The summed E-state index contributed by atoms with van der Waals surface area (Å²) in [6.45, 7) is 1.94. The number of hydrogen-bond donors (Lipinski definition) is 2.